The number of para-hydroxylation sites is 1. The summed E-state index contributed by atoms with van der Waals surface area (Å²) >= 11 is 0. The lowest BCUT2D eigenvalue weighted by molar-refractivity contribution is -0.114. The molecule has 2 aromatic carbocycles. The van der Waals surface area contributed by atoms with E-state index in [1.54, 1.807) is 0 Å². The van der Waals surface area contributed by atoms with Gasteiger partial charge in [0.1, 0.15) is 0 Å². The lowest BCUT2D eigenvalue weighted by atomic mass is 10.1. The average Bonchev–Trinajstić information content (AvgIpc) is 2.54. The Balaban J connectivity index is 2.06. The third-order valence-electron chi connectivity index (χ3n) is 3.48. The summed E-state index contributed by atoms with van der Waals surface area (Å²) in [7, 11) is 0. The fourth-order valence-corrected chi connectivity index (χ4v) is 2.22. The van der Waals surface area contributed by atoms with E-state index in [2.05, 4.69) is 10.6 Å². The van der Waals surface area contributed by atoms with Crippen molar-refractivity contribution in [3.8, 4) is 0 Å². The molecule has 2 N–H and O–H groups in total. The van der Waals surface area contributed by atoms with Gasteiger partial charge in [0.2, 0.25) is 5.91 Å². The van der Waals surface area contributed by atoms with Crippen LogP contribution in [0.2, 0.25) is 0 Å². The Bertz CT molecular complexity index is 732. The van der Waals surface area contributed by atoms with Crippen molar-refractivity contribution in [3.63, 3.8) is 0 Å². The highest BCUT2D eigenvalue weighted by Gasteiger charge is 2.14. The molecule has 122 valence electrons. The van der Waals surface area contributed by atoms with Crippen molar-refractivity contribution in [2.24, 2.45) is 0 Å². The van der Waals surface area contributed by atoms with E-state index < -0.39 is 23.4 Å². The minimum atomic E-state index is -1.57. The van der Waals surface area contributed by atoms with E-state index in [0.29, 0.717) is 5.69 Å². The zero-order valence-corrected chi connectivity index (χ0v) is 12.8. The standard InChI is InChI=1S/C17H17F3N2O/c1-3-11-6-4-5-10(2)17(11)22-14(23)9-21-13-8-7-12(18)15(19)16(13)20/h4-8,21H,3,9H2,1-2H3,(H,22,23). The highest BCUT2D eigenvalue weighted by molar-refractivity contribution is 5.95. The molecular weight excluding hydrogens is 305 g/mol. The molecule has 2 aromatic rings. The third kappa shape index (κ3) is 3.83. The van der Waals surface area contributed by atoms with E-state index in [-0.39, 0.29) is 12.2 Å². The van der Waals surface area contributed by atoms with E-state index >= 15 is 0 Å². The molecule has 0 aliphatic rings. The maximum absolute atomic E-state index is 13.5. The number of hydrogen-bond acceptors (Lipinski definition) is 2. The number of amides is 1. The van der Waals surface area contributed by atoms with Crippen LogP contribution < -0.4 is 10.6 Å². The number of benzene rings is 2. The van der Waals surface area contributed by atoms with Gasteiger partial charge in [-0.15, -0.1) is 0 Å². The third-order valence-corrected chi connectivity index (χ3v) is 3.48. The Morgan fingerprint density at radius 1 is 1.09 bits per heavy atom. The van der Waals surface area contributed by atoms with Crippen LogP contribution in [0.25, 0.3) is 0 Å². The zero-order chi connectivity index (χ0) is 17.0. The molecule has 0 bridgehead atoms. The molecule has 23 heavy (non-hydrogen) atoms. The molecule has 0 radical (unpaired) electrons. The number of nitrogens with one attached hydrogen (secondary N) is 2. The van der Waals surface area contributed by atoms with Gasteiger partial charge in [0.25, 0.3) is 0 Å². The van der Waals surface area contributed by atoms with Crippen molar-refractivity contribution in [3.05, 3.63) is 58.9 Å². The van der Waals surface area contributed by atoms with Gasteiger partial charge < -0.3 is 10.6 Å². The Labute approximate surface area is 132 Å². The second-order valence-corrected chi connectivity index (χ2v) is 5.09. The smallest absolute Gasteiger partial charge is 0.243 e. The number of hydrogen-bond donors (Lipinski definition) is 2. The largest absolute Gasteiger partial charge is 0.374 e. The second kappa shape index (κ2) is 7.17. The van der Waals surface area contributed by atoms with Crippen LogP contribution in [-0.2, 0) is 11.2 Å². The Morgan fingerprint density at radius 3 is 2.52 bits per heavy atom. The molecular formula is C17H17F3N2O. The van der Waals surface area contributed by atoms with Crippen molar-refractivity contribution in [2.75, 3.05) is 17.2 Å². The maximum Gasteiger partial charge on any atom is 0.243 e. The summed E-state index contributed by atoms with van der Waals surface area (Å²) in [5, 5.41) is 5.22. The van der Waals surface area contributed by atoms with Crippen LogP contribution >= 0.6 is 0 Å². The summed E-state index contributed by atoms with van der Waals surface area (Å²) in [6, 6.07) is 7.53. The molecule has 0 aliphatic heterocycles. The summed E-state index contributed by atoms with van der Waals surface area (Å²) in [6.07, 6.45) is 0.753. The molecule has 0 aliphatic carbocycles. The van der Waals surface area contributed by atoms with Crippen LogP contribution in [0, 0.1) is 24.4 Å². The van der Waals surface area contributed by atoms with E-state index in [1.807, 2.05) is 32.0 Å². The monoisotopic (exact) mass is 322 g/mol. The number of anilines is 2. The van der Waals surface area contributed by atoms with Crippen LogP contribution in [0.1, 0.15) is 18.1 Å². The molecule has 0 saturated carbocycles. The molecule has 0 atom stereocenters. The van der Waals surface area contributed by atoms with E-state index in [4.69, 9.17) is 0 Å². The van der Waals surface area contributed by atoms with E-state index in [1.165, 1.54) is 0 Å². The molecule has 0 heterocycles. The molecule has 0 saturated heterocycles. The van der Waals surface area contributed by atoms with Crippen molar-refractivity contribution >= 4 is 17.3 Å². The van der Waals surface area contributed by atoms with Crippen molar-refractivity contribution in [1.29, 1.82) is 0 Å². The van der Waals surface area contributed by atoms with Crippen LogP contribution in [0.15, 0.2) is 30.3 Å². The van der Waals surface area contributed by atoms with Crippen molar-refractivity contribution < 1.29 is 18.0 Å². The number of halogens is 3. The van der Waals surface area contributed by atoms with Crippen molar-refractivity contribution in [2.45, 2.75) is 20.3 Å². The van der Waals surface area contributed by atoms with Gasteiger partial charge in [0, 0.05) is 5.69 Å². The fraction of sp³-hybridized carbons (Fsp3) is 0.235. The number of aryl methyl sites for hydroxylation is 2. The number of carbonyl (C=O) groups excluding carboxylic acids is 1. The van der Waals surface area contributed by atoms with Crippen LogP contribution in [-0.4, -0.2) is 12.5 Å². The summed E-state index contributed by atoms with van der Waals surface area (Å²) in [6.45, 7) is 3.58. The van der Waals surface area contributed by atoms with Gasteiger partial charge in [-0.05, 0) is 36.6 Å². The summed E-state index contributed by atoms with van der Waals surface area (Å²) in [4.78, 5) is 12.0. The topological polar surface area (TPSA) is 41.1 Å². The van der Waals surface area contributed by atoms with E-state index in [0.717, 1.165) is 29.7 Å². The predicted octanol–water partition coefficient (Wildman–Crippen LogP) is 4.03. The molecule has 1 amide bonds. The van der Waals surface area contributed by atoms with Gasteiger partial charge in [0.15, 0.2) is 17.5 Å². The van der Waals surface area contributed by atoms with Crippen LogP contribution in [0.3, 0.4) is 0 Å². The SMILES string of the molecule is CCc1cccc(C)c1NC(=O)CNc1ccc(F)c(F)c1F. The number of rotatable bonds is 5. The lowest BCUT2D eigenvalue weighted by Crippen LogP contribution is -2.23. The summed E-state index contributed by atoms with van der Waals surface area (Å²) < 4.78 is 39.5. The first-order valence-electron chi connectivity index (χ1n) is 7.19. The number of carbonyl (C=O) groups is 1. The zero-order valence-electron chi connectivity index (χ0n) is 12.8. The highest BCUT2D eigenvalue weighted by Crippen LogP contribution is 2.22. The van der Waals surface area contributed by atoms with Gasteiger partial charge in [-0.3, -0.25) is 4.79 Å². The summed E-state index contributed by atoms with van der Waals surface area (Å²) in [5.41, 5.74) is 2.35. The van der Waals surface area contributed by atoms with Gasteiger partial charge in [-0.1, -0.05) is 25.1 Å². The fourth-order valence-electron chi connectivity index (χ4n) is 2.22. The van der Waals surface area contributed by atoms with Crippen molar-refractivity contribution in [1.82, 2.24) is 0 Å². The average molecular weight is 322 g/mol. The molecule has 0 aromatic heterocycles. The highest BCUT2D eigenvalue weighted by atomic mass is 19.2. The van der Waals surface area contributed by atoms with E-state index in [9.17, 15) is 18.0 Å². The Kier molecular flexibility index (Phi) is 5.26. The Morgan fingerprint density at radius 2 is 1.83 bits per heavy atom. The van der Waals surface area contributed by atoms with Gasteiger partial charge >= 0.3 is 0 Å². The minimum Gasteiger partial charge on any atom is -0.374 e. The normalized spacial score (nSPS) is 10.5. The van der Waals surface area contributed by atoms with Gasteiger partial charge in [-0.25, -0.2) is 13.2 Å². The summed E-state index contributed by atoms with van der Waals surface area (Å²) in [5.74, 6) is -4.59. The molecule has 2 rings (SSSR count). The predicted molar refractivity (Wildman–Crippen MR) is 84.0 cm³/mol. The molecule has 6 heteroatoms. The Hall–Kier alpha value is -2.50. The molecule has 0 unspecified atom stereocenters. The van der Waals surface area contributed by atoms with Gasteiger partial charge in [-0.2, -0.15) is 0 Å². The first kappa shape index (κ1) is 16.9. The van der Waals surface area contributed by atoms with Gasteiger partial charge in [0.05, 0.1) is 12.2 Å². The van der Waals surface area contributed by atoms with Crippen LogP contribution in [0.5, 0.6) is 0 Å². The quantitative estimate of drug-likeness (QED) is 0.816. The first-order valence-corrected chi connectivity index (χ1v) is 7.19. The maximum atomic E-state index is 13.5. The minimum absolute atomic E-state index is 0.264. The molecule has 0 fully saturated rings. The molecule has 0 spiro atoms. The molecule has 3 nitrogen and oxygen atoms in total. The first-order chi connectivity index (χ1) is 10.9. The second-order valence-electron chi connectivity index (χ2n) is 5.09. The van der Waals surface area contributed by atoms with Crippen LogP contribution in [0.4, 0.5) is 24.5 Å². The lowest BCUT2D eigenvalue weighted by Gasteiger charge is -2.14.